The van der Waals surface area contributed by atoms with Gasteiger partial charge in [0.05, 0.1) is 17.4 Å². The van der Waals surface area contributed by atoms with E-state index in [2.05, 4.69) is 5.32 Å². The van der Waals surface area contributed by atoms with Crippen molar-refractivity contribution < 1.29 is 14.7 Å². The lowest BCUT2D eigenvalue weighted by molar-refractivity contribution is -0.117. The number of hydrogen-bond acceptors (Lipinski definition) is 3. The Kier molecular flexibility index (Phi) is 4.39. The maximum absolute atomic E-state index is 12.2. The van der Waals surface area contributed by atoms with Crippen molar-refractivity contribution in [2.75, 3.05) is 18.0 Å². The Labute approximate surface area is 118 Å². The van der Waals surface area contributed by atoms with Crippen LogP contribution < -0.4 is 10.2 Å². The zero-order valence-corrected chi connectivity index (χ0v) is 11.8. The molecule has 20 heavy (non-hydrogen) atoms. The predicted octanol–water partition coefficient (Wildman–Crippen LogP) is 1.23. The Morgan fingerprint density at radius 3 is 2.85 bits per heavy atom. The second kappa shape index (κ2) is 6.05. The first-order valence-electron chi connectivity index (χ1n) is 6.86. The molecule has 0 spiro atoms. The number of aliphatic hydroxyl groups excluding tert-OH is 1. The van der Waals surface area contributed by atoms with Gasteiger partial charge in [-0.05, 0) is 32.4 Å². The maximum Gasteiger partial charge on any atom is 0.253 e. The van der Waals surface area contributed by atoms with Gasteiger partial charge in [0.1, 0.15) is 0 Å². The minimum atomic E-state index is -0.597. The van der Waals surface area contributed by atoms with Crippen LogP contribution in [-0.4, -0.2) is 36.1 Å². The zero-order chi connectivity index (χ0) is 14.7. The van der Waals surface area contributed by atoms with Crippen LogP contribution in [0.2, 0.25) is 0 Å². The summed E-state index contributed by atoms with van der Waals surface area (Å²) < 4.78 is 0. The van der Waals surface area contributed by atoms with Gasteiger partial charge in [-0.15, -0.1) is 0 Å². The van der Waals surface area contributed by atoms with Crippen molar-refractivity contribution in [3.8, 4) is 0 Å². The van der Waals surface area contributed by atoms with Crippen LogP contribution in [0, 0.1) is 6.92 Å². The second-order valence-corrected chi connectivity index (χ2v) is 5.23. The molecule has 1 fully saturated rings. The van der Waals surface area contributed by atoms with E-state index in [0.29, 0.717) is 24.2 Å². The van der Waals surface area contributed by atoms with E-state index in [9.17, 15) is 14.7 Å². The minimum Gasteiger partial charge on any atom is -0.392 e. The molecule has 0 aliphatic carbocycles. The van der Waals surface area contributed by atoms with Gasteiger partial charge in [-0.25, -0.2) is 0 Å². The number of benzene rings is 1. The average Bonchev–Trinajstić information content (AvgIpc) is 2.82. The van der Waals surface area contributed by atoms with Gasteiger partial charge >= 0.3 is 0 Å². The van der Waals surface area contributed by atoms with E-state index in [-0.39, 0.29) is 18.4 Å². The molecule has 5 heteroatoms. The fourth-order valence-corrected chi connectivity index (χ4v) is 2.31. The number of aryl methyl sites for hydroxylation is 1. The van der Waals surface area contributed by atoms with E-state index in [0.717, 1.165) is 12.0 Å². The Balaban J connectivity index is 2.28. The summed E-state index contributed by atoms with van der Waals surface area (Å²) in [6, 6.07) is 5.49. The van der Waals surface area contributed by atoms with Crippen LogP contribution in [-0.2, 0) is 4.79 Å². The van der Waals surface area contributed by atoms with Crippen molar-refractivity contribution in [1.29, 1.82) is 0 Å². The Hall–Kier alpha value is -1.88. The highest BCUT2D eigenvalue weighted by Crippen LogP contribution is 2.26. The Morgan fingerprint density at radius 2 is 2.25 bits per heavy atom. The predicted molar refractivity (Wildman–Crippen MR) is 76.8 cm³/mol. The van der Waals surface area contributed by atoms with Gasteiger partial charge in [0, 0.05) is 19.5 Å². The van der Waals surface area contributed by atoms with Crippen molar-refractivity contribution in [3.05, 3.63) is 29.3 Å². The molecule has 1 saturated heterocycles. The van der Waals surface area contributed by atoms with Gasteiger partial charge in [-0.3, -0.25) is 9.59 Å². The highest BCUT2D eigenvalue weighted by molar-refractivity contribution is 6.05. The third-order valence-corrected chi connectivity index (χ3v) is 3.32. The number of carbonyl (C=O) groups excluding carboxylic acids is 2. The van der Waals surface area contributed by atoms with E-state index >= 15 is 0 Å². The van der Waals surface area contributed by atoms with E-state index in [4.69, 9.17) is 0 Å². The van der Waals surface area contributed by atoms with Crippen molar-refractivity contribution in [3.63, 3.8) is 0 Å². The highest BCUT2D eigenvalue weighted by atomic mass is 16.3. The molecule has 1 atom stereocenters. The van der Waals surface area contributed by atoms with Crippen LogP contribution >= 0.6 is 0 Å². The molecule has 1 unspecified atom stereocenters. The molecule has 5 nitrogen and oxygen atoms in total. The number of amides is 2. The lowest BCUT2D eigenvalue weighted by Gasteiger charge is -2.20. The SMILES string of the molecule is Cc1ccc(N2CCCC2=O)c(C(=O)NCC(C)O)c1. The van der Waals surface area contributed by atoms with E-state index in [1.165, 1.54) is 0 Å². The first-order valence-corrected chi connectivity index (χ1v) is 6.86. The number of carbonyl (C=O) groups is 2. The summed E-state index contributed by atoms with van der Waals surface area (Å²) in [5, 5.41) is 11.9. The van der Waals surface area contributed by atoms with Crippen LogP contribution in [0.15, 0.2) is 18.2 Å². The minimum absolute atomic E-state index is 0.0541. The van der Waals surface area contributed by atoms with Gasteiger partial charge in [0.25, 0.3) is 5.91 Å². The zero-order valence-electron chi connectivity index (χ0n) is 11.8. The molecule has 1 aliphatic rings. The van der Waals surface area contributed by atoms with Gasteiger partial charge in [0.2, 0.25) is 5.91 Å². The fourth-order valence-electron chi connectivity index (χ4n) is 2.31. The molecule has 108 valence electrons. The molecule has 0 saturated carbocycles. The largest absolute Gasteiger partial charge is 0.392 e. The average molecular weight is 276 g/mol. The molecule has 0 aromatic heterocycles. The third kappa shape index (κ3) is 3.17. The van der Waals surface area contributed by atoms with Gasteiger partial charge in [-0.1, -0.05) is 11.6 Å². The molecule has 2 rings (SSSR count). The Bertz CT molecular complexity index is 526. The van der Waals surface area contributed by atoms with E-state index in [1.54, 1.807) is 17.9 Å². The van der Waals surface area contributed by atoms with Crippen molar-refractivity contribution in [2.24, 2.45) is 0 Å². The molecule has 1 aliphatic heterocycles. The van der Waals surface area contributed by atoms with Crippen LogP contribution in [0.25, 0.3) is 0 Å². The lowest BCUT2D eigenvalue weighted by Crippen LogP contribution is -2.33. The summed E-state index contributed by atoms with van der Waals surface area (Å²) in [7, 11) is 0. The summed E-state index contributed by atoms with van der Waals surface area (Å²) in [5.74, 6) is -0.206. The van der Waals surface area contributed by atoms with Crippen LogP contribution in [0.3, 0.4) is 0 Å². The summed E-state index contributed by atoms with van der Waals surface area (Å²) in [6.07, 6.45) is 0.755. The van der Waals surface area contributed by atoms with E-state index in [1.807, 2.05) is 19.1 Å². The van der Waals surface area contributed by atoms with Gasteiger partial charge in [0.15, 0.2) is 0 Å². The number of rotatable bonds is 4. The second-order valence-electron chi connectivity index (χ2n) is 5.23. The maximum atomic E-state index is 12.2. The quantitative estimate of drug-likeness (QED) is 0.869. The first-order chi connectivity index (χ1) is 9.49. The number of anilines is 1. The molecule has 1 aromatic carbocycles. The molecule has 0 bridgehead atoms. The molecule has 1 heterocycles. The van der Waals surface area contributed by atoms with E-state index < -0.39 is 6.10 Å². The number of nitrogens with one attached hydrogen (secondary N) is 1. The summed E-state index contributed by atoms with van der Waals surface area (Å²) in [4.78, 5) is 25.7. The number of nitrogens with zero attached hydrogens (tertiary/aromatic N) is 1. The van der Waals surface area contributed by atoms with Gasteiger partial charge in [-0.2, -0.15) is 0 Å². The third-order valence-electron chi connectivity index (χ3n) is 3.32. The van der Waals surface area contributed by atoms with Crippen molar-refractivity contribution in [2.45, 2.75) is 32.8 Å². The lowest BCUT2D eigenvalue weighted by atomic mass is 10.1. The fraction of sp³-hybridized carbons (Fsp3) is 0.467. The first kappa shape index (κ1) is 14.5. The molecule has 2 amide bonds. The van der Waals surface area contributed by atoms with Crippen LogP contribution in [0.4, 0.5) is 5.69 Å². The molecule has 1 aromatic rings. The molecular weight excluding hydrogens is 256 g/mol. The van der Waals surface area contributed by atoms with Crippen LogP contribution in [0.5, 0.6) is 0 Å². The monoisotopic (exact) mass is 276 g/mol. The number of hydrogen-bond donors (Lipinski definition) is 2. The van der Waals surface area contributed by atoms with Crippen molar-refractivity contribution in [1.82, 2.24) is 5.32 Å². The van der Waals surface area contributed by atoms with Gasteiger partial charge < -0.3 is 15.3 Å². The van der Waals surface area contributed by atoms with Crippen LogP contribution in [0.1, 0.15) is 35.7 Å². The molecular formula is C15H20N2O3. The topological polar surface area (TPSA) is 69.6 Å². The normalized spacial score (nSPS) is 16.4. The van der Waals surface area contributed by atoms with Crippen molar-refractivity contribution >= 4 is 17.5 Å². The highest BCUT2D eigenvalue weighted by Gasteiger charge is 2.25. The summed E-state index contributed by atoms with van der Waals surface area (Å²) >= 11 is 0. The standard InChI is InChI=1S/C15H20N2O3/c1-10-5-6-13(17-7-3-4-14(17)19)12(8-10)15(20)16-9-11(2)18/h5-6,8,11,18H,3-4,7,9H2,1-2H3,(H,16,20). The summed E-state index contributed by atoms with van der Waals surface area (Å²) in [5.41, 5.74) is 2.10. The molecule has 2 N–H and O–H groups in total. The number of aliphatic hydroxyl groups is 1. The molecule has 0 radical (unpaired) electrons. The smallest absolute Gasteiger partial charge is 0.253 e. The summed E-state index contributed by atoms with van der Waals surface area (Å²) in [6.45, 7) is 4.36. The Morgan fingerprint density at radius 1 is 1.50 bits per heavy atom.